The number of carbonyl (C=O) groups excluding carboxylic acids is 2. The zero-order chi connectivity index (χ0) is 14.9. The lowest BCUT2D eigenvalue weighted by Gasteiger charge is -2.23. The number of amides is 2. The topological polar surface area (TPSA) is 76.4 Å². The highest BCUT2D eigenvalue weighted by molar-refractivity contribution is 5.86. The van der Waals surface area contributed by atoms with Crippen LogP contribution in [0.1, 0.15) is 26.2 Å². The number of likely N-dealkylation sites (tertiary alicyclic amines) is 1. The van der Waals surface area contributed by atoms with E-state index in [1.54, 1.807) is 23.9 Å². The zero-order valence-electron chi connectivity index (χ0n) is 12.3. The maximum absolute atomic E-state index is 12.5. The van der Waals surface area contributed by atoms with Crippen LogP contribution in [0.3, 0.4) is 0 Å². The second kappa shape index (κ2) is 5.80. The summed E-state index contributed by atoms with van der Waals surface area (Å²) >= 11 is 0. The number of rotatable bonds is 2. The number of hydrogen-bond donors (Lipinski definition) is 1. The van der Waals surface area contributed by atoms with E-state index in [-0.39, 0.29) is 35.9 Å². The molecule has 0 radical (unpaired) electrons. The highest BCUT2D eigenvalue weighted by Gasteiger charge is 2.42. The summed E-state index contributed by atoms with van der Waals surface area (Å²) in [5, 5.41) is 12.3. The molecule has 2 saturated heterocycles. The van der Waals surface area contributed by atoms with Gasteiger partial charge < -0.3 is 15.1 Å². The molecule has 110 valence electrons. The summed E-state index contributed by atoms with van der Waals surface area (Å²) in [6.45, 7) is 2.58. The average molecular weight is 278 g/mol. The second-order valence-corrected chi connectivity index (χ2v) is 5.90. The van der Waals surface area contributed by atoms with Crippen molar-refractivity contribution in [1.29, 1.82) is 5.26 Å². The number of nitrogens with one attached hydrogen (secondary N) is 1. The van der Waals surface area contributed by atoms with E-state index in [2.05, 4.69) is 11.4 Å². The molecule has 2 heterocycles. The van der Waals surface area contributed by atoms with Gasteiger partial charge in [0.25, 0.3) is 0 Å². The minimum Gasteiger partial charge on any atom is -0.349 e. The minimum atomic E-state index is -0.340. The van der Waals surface area contributed by atoms with Gasteiger partial charge in [0.1, 0.15) is 6.04 Å². The van der Waals surface area contributed by atoms with E-state index in [1.807, 2.05) is 6.92 Å². The van der Waals surface area contributed by atoms with Crippen molar-refractivity contribution in [1.82, 2.24) is 15.1 Å². The number of hydrogen-bond acceptors (Lipinski definition) is 4. The molecule has 0 aromatic rings. The molecule has 2 fully saturated rings. The van der Waals surface area contributed by atoms with E-state index in [1.165, 1.54) is 0 Å². The standard InChI is InChI=1S/C14H22N4O2/c1-9-11(13(19)17(2)3)7-12(16-9)14(20)18-6-4-5-10(18)8-15/h9-12,16H,4-7H2,1-3H3/t9-,10-,11-,12-/m0/s1. The largest absolute Gasteiger partial charge is 0.349 e. The lowest BCUT2D eigenvalue weighted by Crippen LogP contribution is -2.46. The number of carbonyl (C=O) groups is 2. The van der Waals surface area contributed by atoms with Gasteiger partial charge in [-0.1, -0.05) is 0 Å². The Bertz CT molecular complexity index is 443. The van der Waals surface area contributed by atoms with Gasteiger partial charge in [-0.15, -0.1) is 0 Å². The van der Waals surface area contributed by atoms with Crippen LogP contribution in [0.2, 0.25) is 0 Å². The molecule has 0 aromatic carbocycles. The fourth-order valence-electron chi connectivity index (χ4n) is 3.14. The third-order valence-corrected chi connectivity index (χ3v) is 4.30. The zero-order valence-corrected chi connectivity index (χ0v) is 12.3. The summed E-state index contributed by atoms with van der Waals surface area (Å²) in [5.74, 6) is -0.143. The Balaban J connectivity index is 2.03. The molecular weight excluding hydrogens is 256 g/mol. The van der Waals surface area contributed by atoms with Crippen molar-refractivity contribution in [3.05, 3.63) is 0 Å². The summed E-state index contributed by atoms with van der Waals surface area (Å²) in [4.78, 5) is 27.8. The lowest BCUT2D eigenvalue weighted by atomic mass is 9.98. The summed E-state index contributed by atoms with van der Waals surface area (Å²) in [5.41, 5.74) is 0. The van der Waals surface area contributed by atoms with Gasteiger partial charge in [-0.25, -0.2) is 0 Å². The second-order valence-electron chi connectivity index (χ2n) is 5.90. The first-order valence-corrected chi connectivity index (χ1v) is 7.13. The molecule has 1 N–H and O–H groups in total. The van der Waals surface area contributed by atoms with Crippen molar-refractivity contribution < 1.29 is 9.59 Å². The van der Waals surface area contributed by atoms with Crippen molar-refractivity contribution in [2.24, 2.45) is 5.92 Å². The Morgan fingerprint density at radius 1 is 1.40 bits per heavy atom. The highest BCUT2D eigenvalue weighted by atomic mass is 16.2. The van der Waals surface area contributed by atoms with Crippen molar-refractivity contribution in [3.63, 3.8) is 0 Å². The predicted octanol–water partition coefficient (Wildman–Crippen LogP) is -0.0442. The van der Waals surface area contributed by atoms with Gasteiger partial charge in [-0.2, -0.15) is 5.26 Å². The molecule has 0 bridgehead atoms. The van der Waals surface area contributed by atoms with E-state index in [9.17, 15) is 9.59 Å². The van der Waals surface area contributed by atoms with Gasteiger partial charge in [-0.3, -0.25) is 9.59 Å². The first kappa shape index (κ1) is 14.8. The van der Waals surface area contributed by atoms with E-state index in [0.717, 1.165) is 12.8 Å². The molecule has 6 nitrogen and oxygen atoms in total. The van der Waals surface area contributed by atoms with Crippen molar-refractivity contribution in [2.45, 2.75) is 44.3 Å². The van der Waals surface area contributed by atoms with Crippen LogP contribution in [0.4, 0.5) is 0 Å². The molecule has 4 atom stereocenters. The maximum Gasteiger partial charge on any atom is 0.240 e. The molecule has 2 aliphatic rings. The Hall–Kier alpha value is -1.61. The SMILES string of the molecule is C[C@@H]1N[C@H](C(=O)N2CCC[C@H]2C#N)C[C@@H]1C(=O)N(C)C. The monoisotopic (exact) mass is 278 g/mol. The van der Waals surface area contributed by atoms with Crippen LogP contribution in [-0.4, -0.2) is 60.4 Å². The molecule has 0 unspecified atom stereocenters. The van der Waals surface area contributed by atoms with Crippen LogP contribution in [0.5, 0.6) is 0 Å². The van der Waals surface area contributed by atoms with E-state index in [0.29, 0.717) is 13.0 Å². The summed E-state index contributed by atoms with van der Waals surface area (Å²) in [6, 6.07) is 1.53. The lowest BCUT2D eigenvalue weighted by molar-refractivity contribution is -0.133. The Morgan fingerprint density at radius 2 is 2.10 bits per heavy atom. The molecule has 2 amide bonds. The van der Waals surface area contributed by atoms with E-state index >= 15 is 0 Å². The van der Waals surface area contributed by atoms with E-state index < -0.39 is 0 Å². The van der Waals surface area contributed by atoms with Gasteiger partial charge in [0, 0.05) is 26.7 Å². The fourth-order valence-corrected chi connectivity index (χ4v) is 3.14. The third-order valence-electron chi connectivity index (χ3n) is 4.30. The molecule has 6 heteroatoms. The first-order valence-electron chi connectivity index (χ1n) is 7.13. The fraction of sp³-hybridized carbons (Fsp3) is 0.786. The van der Waals surface area contributed by atoms with Crippen molar-refractivity contribution in [3.8, 4) is 6.07 Å². The Labute approximate surface area is 119 Å². The van der Waals surface area contributed by atoms with Gasteiger partial charge in [0.15, 0.2) is 0 Å². The van der Waals surface area contributed by atoms with E-state index in [4.69, 9.17) is 5.26 Å². The number of nitriles is 1. The van der Waals surface area contributed by atoms with Crippen LogP contribution in [0.25, 0.3) is 0 Å². The number of nitrogens with zero attached hydrogens (tertiary/aromatic N) is 3. The quantitative estimate of drug-likeness (QED) is 0.768. The highest BCUT2D eigenvalue weighted by Crippen LogP contribution is 2.26. The average Bonchev–Trinajstić information content (AvgIpc) is 3.02. The Kier molecular flexibility index (Phi) is 4.29. The normalized spacial score (nSPS) is 33.0. The maximum atomic E-state index is 12.5. The molecule has 0 spiro atoms. The molecule has 0 saturated carbocycles. The minimum absolute atomic E-state index is 0.0120. The van der Waals surface area contributed by atoms with Gasteiger partial charge >= 0.3 is 0 Å². The summed E-state index contributed by atoms with van der Waals surface area (Å²) < 4.78 is 0. The van der Waals surface area contributed by atoms with Crippen LogP contribution >= 0.6 is 0 Å². The molecule has 0 aliphatic carbocycles. The molecule has 0 aromatic heterocycles. The van der Waals surface area contributed by atoms with Crippen molar-refractivity contribution >= 4 is 11.8 Å². The van der Waals surface area contributed by atoms with Gasteiger partial charge in [0.2, 0.25) is 11.8 Å². The van der Waals surface area contributed by atoms with Crippen LogP contribution in [0, 0.1) is 17.2 Å². The van der Waals surface area contributed by atoms with Crippen LogP contribution < -0.4 is 5.32 Å². The Morgan fingerprint density at radius 3 is 2.70 bits per heavy atom. The molecular formula is C14H22N4O2. The molecule has 20 heavy (non-hydrogen) atoms. The molecule has 2 rings (SSSR count). The first-order chi connectivity index (χ1) is 9.45. The van der Waals surface area contributed by atoms with Crippen LogP contribution in [0.15, 0.2) is 0 Å². The third kappa shape index (κ3) is 2.63. The van der Waals surface area contributed by atoms with Gasteiger partial charge in [-0.05, 0) is 26.2 Å². The smallest absolute Gasteiger partial charge is 0.240 e. The predicted molar refractivity (Wildman–Crippen MR) is 73.5 cm³/mol. The summed E-state index contributed by atoms with van der Waals surface area (Å²) in [6.07, 6.45) is 2.16. The van der Waals surface area contributed by atoms with Gasteiger partial charge in [0.05, 0.1) is 18.0 Å². The van der Waals surface area contributed by atoms with Crippen molar-refractivity contribution in [2.75, 3.05) is 20.6 Å². The van der Waals surface area contributed by atoms with Crippen LogP contribution in [-0.2, 0) is 9.59 Å². The molecule has 2 aliphatic heterocycles. The summed E-state index contributed by atoms with van der Waals surface area (Å²) in [7, 11) is 3.47.